The monoisotopic (exact) mass is 398 g/mol. The van der Waals surface area contributed by atoms with Crippen LogP contribution < -0.4 is 5.32 Å². The Balaban J connectivity index is 4.15. The normalized spacial score (nSPS) is 10.8. The summed E-state index contributed by atoms with van der Waals surface area (Å²) in [5.41, 5.74) is 0. The zero-order chi connectivity index (χ0) is 21.4. The molecule has 0 saturated carbocycles. The number of amides is 2. The maximum Gasteiger partial charge on any atom is 0.331 e. The maximum atomic E-state index is 12.0. The molecule has 0 rings (SSSR count). The first-order valence-corrected chi connectivity index (χ1v) is 8.80. The summed E-state index contributed by atoms with van der Waals surface area (Å²) in [5, 5.41) is 19.6. The number of ether oxygens (including phenoxy) is 1. The highest BCUT2D eigenvalue weighted by atomic mass is 16.5. The molecule has 0 atom stereocenters. The number of nitrogens with one attached hydrogen (secondary N) is 1. The second kappa shape index (κ2) is 14.9. The minimum Gasteiger partial charge on any atom is -0.478 e. The summed E-state index contributed by atoms with van der Waals surface area (Å²) in [4.78, 5) is 57.0. The SMILES string of the molecule is CCCCN(CCNC(=O)CCCOC(=O)/C=C/C(=O)O)C(=O)/C=C/C(=O)O. The Morgan fingerprint density at radius 1 is 0.929 bits per heavy atom. The predicted molar refractivity (Wildman–Crippen MR) is 98.2 cm³/mol. The van der Waals surface area contributed by atoms with Crippen molar-refractivity contribution in [3.05, 3.63) is 24.3 Å². The molecule has 10 nitrogen and oxygen atoms in total. The van der Waals surface area contributed by atoms with Crippen LogP contribution in [0.15, 0.2) is 24.3 Å². The summed E-state index contributed by atoms with van der Waals surface area (Å²) in [6.45, 7) is 2.83. The lowest BCUT2D eigenvalue weighted by Crippen LogP contribution is -2.38. The largest absolute Gasteiger partial charge is 0.478 e. The lowest BCUT2D eigenvalue weighted by Gasteiger charge is -2.21. The van der Waals surface area contributed by atoms with Crippen molar-refractivity contribution in [2.24, 2.45) is 0 Å². The van der Waals surface area contributed by atoms with E-state index in [2.05, 4.69) is 5.32 Å². The molecule has 0 aliphatic carbocycles. The van der Waals surface area contributed by atoms with E-state index in [1.165, 1.54) is 4.90 Å². The first-order chi connectivity index (χ1) is 13.3. The average Bonchev–Trinajstić information content (AvgIpc) is 2.64. The third kappa shape index (κ3) is 14.0. The first kappa shape index (κ1) is 24.8. The molecule has 0 aromatic carbocycles. The Kier molecular flexibility index (Phi) is 13.3. The van der Waals surface area contributed by atoms with Gasteiger partial charge in [-0.05, 0) is 12.8 Å². The lowest BCUT2D eigenvalue weighted by atomic mass is 10.3. The quantitative estimate of drug-likeness (QED) is 0.215. The number of carboxylic acid groups (broad SMARTS) is 2. The number of hydrogen-bond acceptors (Lipinski definition) is 6. The van der Waals surface area contributed by atoms with Crippen molar-refractivity contribution in [3.8, 4) is 0 Å². The number of hydrogen-bond donors (Lipinski definition) is 3. The molecule has 0 heterocycles. The molecule has 2 amide bonds. The van der Waals surface area contributed by atoms with Gasteiger partial charge in [-0.25, -0.2) is 14.4 Å². The highest BCUT2D eigenvalue weighted by molar-refractivity contribution is 5.94. The van der Waals surface area contributed by atoms with E-state index in [-0.39, 0.29) is 38.4 Å². The molecule has 0 bridgehead atoms. The van der Waals surface area contributed by atoms with Crippen molar-refractivity contribution >= 4 is 29.7 Å². The van der Waals surface area contributed by atoms with Gasteiger partial charge in [-0.1, -0.05) is 13.3 Å². The molecule has 0 spiro atoms. The summed E-state index contributed by atoms with van der Waals surface area (Å²) >= 11 is 0. The molecule has 0 unspecified atom stereocenters. The fraction of sp³-hybridized carbons (Fsp3) is 0.500. The summed E-state index contributed by atoms with van der Waals surface area (Å²) < 4.78 is 4.73. The smallest absolute Gasteiger partial charge is 0.331 e. The van der Waals surface area contributed by atoms with E-state index in [1.54, 1.807) is 0 Å². The van der Waals surface area contributed by atoms with Gasteiger partial charge in [0.1, 0.15) is 0 Å². The van der Waals surface area contributed by atoms with Crippen molar-refractivity contribution in [3.63, 3.8) is 0 Å². The molecular weight excluding hydrogens is 372 g/mol. The van der Waals surface area contributed by atoms with Crippen LogP contribution in [0.5, 0.6) is 0 Å². The van der Waals surface area contributed by atoms with Crippen LogP contribution in [0.25, 0.3) is 0 Å². The Labute approximate surface area is 162 Å². The summed E-state index contributed by atoms with van der Waals surface area (Å²) in [5.74, 6) is -4.01. The fourth-order valence-electron chi connectivity index (χ4n) is 1.94. The van der Waals surface area contributed by atoms with E-state index < -0.39 is 23.8 Å². The number of carbonyl (C=O) groups excluding carboxylic acids is 3. The standard InChI is InChI=1S/C18H26N2O8/c1-2-3-11-20(15(22)6-7-16(23)24)12-10-19-14(21)5-4-13-28-18(27)9-8-17(25)26/h6-9H,2-5,10-13H2,1H3,(H,19,21)(H,23,24)(H,25,26)/b7-6+,9-8+. The van der Waals surface area contributed by atoms with E-state index >= 15 is 0 Å². The van der Waals surface area contributed by atoms with Gasteiger partial charge in [-0.3, -0.25) is 9.59 Å². The van der Waals surface area contributed by atoms with E-state index in [0.717, 1.165) is 31.1 Å². The minimum atomic E-state index is -1.26. The molecule has 156 valence electrons. The van der Waals surface area contributed by atoms with Crippen molar-refractivity contribution in [2.45, 2.75) is 32.6 Å². The number of rotatable bonds is 14. The number of carboxylic acids is 2. The molecule has 0 saturated heterocycles. The molecule has 0 radical (unpaired) electrons. The average molecular weight is 398 g/mol. The molecular formula is C18H26N2O8. The van der Waals surface area contributed by atoms with Crippen LogP contribution in [-0.4, -0.2) is 71.1 Å². The predicted octanol–water partition coefficient (Wildman–Crippen LogP) is 0.336. The molecule has 10 heteroatoms. The van der Waals surface area contributed by atoms with Gasteiger partial charge in [0.05, 0.1) is 6.61 Å². The van der Waals surface area contributed by atoms with E-state index in [0.29, 0.717) is 12.6 Å². The zero-order valence-corrected chi connectivity index (χ0v) is 15.8. The Bertz CT molecular complexity index is 613. The highest BCUT2D eigenvalue weighted by Gasteiger charge is 2.11. The number of unbranched alkanes of at least 4 members (excludes halogenated alkanes) is 1. The lowest BCUT2D eigenvalue weighted by molar-refractivity contribution is -0.139. The van der Waals surface area contributed by atoms with Gasteiger partial charge >= 0.3 is 17.9 Å². The molecule has 0 aromatic rings. The minimum absolute atomic E-state index is 0.0305. The molecule has 28 heavy (non-hydrogen) atoms. The number of carbonyl (C=O) groups is 5. The fourth-order valence-corrected chi connectivity index (χ4v) is 1.94. The van der Waals surface area contributed by atoms with Crippen LogP contribution in [0.4, 0.5) is 0 Å². The van der Waals surface area contributed by atoms with Gasteiger partial charge in [0, 0.05) is 50.4 Å². The second-order valence-electron chi connectivity index (χ2n) is 5.64. The van der Waals surface area contributed by atoms with Crippen LogP contribution >= 0.6 is 0 Å². The number of aliphatic carboxylic acids is 2. The summed E-state index contributed by atoms with van der Waals surface area (Å²) in [6.07, 6.45) is 5.16. The van der Waals surface area contributed by atoms with Crippen LogP contribution in [-0.2, 0) is 28.7 Å². The first-order valence-electron chi connectivity index (χ1n) is 8.80. The summed E-state index contributed by atoms with van der Waals surface area (Å²) in [7, 11) is 0. The number of esters is 1. The van der Waals surface area contributed by atoms with Crippen LogP contribution in [0.3, 0.4) is 0 Å². The van der Waals surface area contributed by atoms with Crippen molar-refractivity contribution in [1.82, 2.24) is 10.2 Å². The van der Waals surface area contributed by atoms with Gasteiger partial charge in [0.25, 0.3) is 0 Å². The van der Waals surface area contributed by atoms with E-state index in [1.807, 2.05) is 6.92 Å². The maximum absolute atomic E-state index is 12.0. The van der Waals surface area contributed by atoms with Crippen molar-refractivity contribution in [1.29, 1.82) is 0 Å². The third-order valence-corrected chi connectivity index (χ3v) is 3.32. The van der Waals surface area contributed by atoms with Crippen LogP contribution in [0.1, 0.15) is 32.6 Å². The topological polar surface area (TPSA) is 150 Å². The Morgan fingerprint density at radius 3 is 2.18 bits per heavy atom. The van der Waals surface area contributed by atoms with Crippen molar-refractivity contribution < 1.29 is 38.9 Å². The zero-order valence-electron chi connectivity index (χ0n) is 15.8. The Hall–Kier alpha value is -3.17. The van der Waals surface area contributed by atoms with Gasteiger partial charge in [0.2, 0.25) is 11.8 Å². The molecule has 0 aliphatic heterocycles. The summed E-state index contributed by atoms with van der Waals surface area (Å²) in [6, 6.07) is 0. The molecule has 0 fully saturated rings. The van der Waals surface area contributed by atoms with Crippen LogP contribution in [0.2, 0.25) is 0 Å². The third-order valence-electron chi connectivity index (χ3n) is 3.32. The molecule has 0 aromatic heterocycles. The van der Waals surface area contributed by atoms with Crippen LogP contribution in [0, 0.1) is 0 Å². The molecule has 0 aliphatic rings. The van der Waals surface area contributed by atoms with E-state index in [9.17, 15) is 24.0 Å². The highest BCUT2D eigenvalue weighted by Crippen LogP contribution is 1.98. The second-order valence-corrected chi connectivity index (χ2v) is 5.64. The van der Waals surface area contributed by atoms with Crippen molar-refractivity contribution in [2.75, 3.05) is 26.2 Å². The number of nitrogens with zero attached hydrogens (tertiary/aromatic N) is 1. The van der Waals surface area contributed by atoms with Gasteiger partial charge < -0.3 is 25.2 Å². The molecule has 3 N–H and O–H groups in total. The Morgan fingerprint density at radius 2 is 1.57 bits per heavy atom. The van der Waals surface area contributed by atoms with Gasteiger partial charge in [-0.2, -0.15) is 0 Å². The van der Waals surface area contributed by atoms with Gasteiger partial charge in [-0.15, -0.1) is 0 Å². The van der Waals surface area contributed by atoms with Gasteiger partial charge in [0.15, 0.2) is 0 Å². The van der Waals surface area contributed by atoms with E-state index in [4.69, 9.17) is 14.9 Å².